The Bertz CT molecular complexity index is 269. The number of hydrogen-bond donors (Lipinski definition) is 1. The topological polar surface area (TPSA) is 37.3 Å². The quantitative estimate of drug-likeness (QED) is 0.512. The lowest BCUT2D eigenvalue weighted by Gasteiger charge is -2.42. The van der Waals surface area contributed by atoms with Crippen LogP contribution in [0.3, 0.4) is 0 Å². The number of carbonyl (C=O) groups is 1. The van der Waals surface area contributed by atoms with Crippen LogP contribution in [0.4, 0.5) is 0 Å². The highest BCUT2D eigenvalue weighted by Crippen LogP contribution is 2.48. The molecule has 78 valence electrons. The van der Waals surface area contributed by atoms with E-state index in [1.54, 1.807) is 0 Å². The van der Waals surface area contributed by atoms with Crippen LogP contribution < -0.4 is 0 Å². The monoisotopic (exact) mass is 194 g/mol. The maximum atomic E-state index is 10.7. The zero-order valence-corrected chi connectivity index (χ0v) is 8.70. The molecule has 2 aliphatic rings. The van der Waals surface area contributed by atoms with Crippen molar-refractivity contribution >= 4 is 6.29 Å². The Morgan fingerprint density at radius 2 is 2.21 bits per heavy atom. The first-order valence-corrected chi connectivity index (χ1v) is 5.48. The Hall–Kier alpha value is -0.630. The maximum Gasteiger partial charge on any atom is 0.123 e. The second-order valence-corrected chi connectivity index (χ2v) is 5.00. The second kappa shape index (κ2) is 3.50. The van der Waals surface area contributed by atoms with Crippen LogP contribution in [0.15, 0.2) is 11.6 Å². The number of aliphatic hydroxyl groups excluding tert-OH is 1. The molecule has 2 aliphatic carbocycles. The molecule has 0 radical (unpaired) electrons. The molecule has 1 fully saturated rings. The van der Waals surface area contributed by atoms with E-state index in [0.717, 1.165) is 38.4 Å². The lowest BCUT2D eigenvalue weighted by Crippen LogP contribution is -2.32. The Balaban J connectivity index is 2.20. The predicted molar refractivity (Wildman–Crippen MR) is 54.8 cm³/mol. The van der Waals surface area contributed by atoms with E-state index in [-0.39, 0.29) is 17.4 Å². The smallest absolute Gasteiger partial charge is 0.123 e. The van der Waals surface area contributed by atoms with Gasteiger partial charge in [0.2, 0.25) is 0 Å². The second-order valence-electron chi connectivity index (χ2n) is 5.00. The summed E-state index contributed by atoms with van der Waals surface area (Å²) in [6.07, 6.45) is 7.74. The number of aliphatic hydroxyl groups is 1. The van der Waals surface area contributed by atoms with Crippen molar-refractivity contribution in [1.29, 1.82) is 0 Å². The van der Waals surface area contributed by atoms with Crippen molar-refractivity contribution in [2.45, 2.75) is 45.1 Å². The van der Waals surface area contributed by atoms with Gasteiger partial charge in [0.1, 0.15) is 6.29 Å². The van der Waals surface area contributed by atoms with Crippen LogP contribution in [0.2, 0.25) is 0 Å². The largest absolute Gasteiger partial charge is 0.389 e. The van der Waals surface area contributed by atoms with E-state index in [1.807, 2.05) is 6.08 Å². The van der Waals surface area contributed by atoms with Crippen LogP contribution in [0.1, 0.15) is 39.0 Å². The molecule has 3 atom stereocenters. The molecule has 0 heterocycles. The van der Waals surface area contributed by atoms with Gasteiger partial charge in [-0.15, -0.1) is 0 Å². The lowest BCUT2D eigenvalue weighted by molar-refractivity contribution is -0.112. The van der Waals surface area contributed by atoms with Crippen LogP contribution in [0.5, 0.6) is 0 Å². The van der Waals surface area contributed by atoms with E-state index in [2.05, 4.69) is 6.92 Å². The van der Waals surface area contributed by atoms with Crippen molar-refractivity contribution in [3.8, 4) is 0 Å². The minimum Gasteiger partial charge on any atom is -0.389 e. The van der Waals surface area contributed by atoms with Gasteiger partial charge in [-0.05, 0) is 37.5 Å². The third-order valence-corrected chi connectivity index (χ3v) is 3.90. The first-order chi connectivity index (χ1) is 6.64. The van der Waals surface area contributed by atoms with Gasteiger partial charge < -0.3 is 9.90 Å². The van der Waals surface area contributed by atoms with Crippen LogP contribution in [-0.4, -0.2) is 17.5 Å². The summed E-state index contributed by atoms with van der Waals surface area (Å²) in [6, 6.07) is 0. The van der Waals surface area contributed by atoms with E-state index in [1.165, 1.54) is 5.57 Å². The molecule has 0 amide bonds. The van der Waals surface area contributed by atoms with E-state index in [4.69, 9.17) is 0 Å². The van der Waals surface area contributed by atoms with Gasteiger partial charge in [0.15, 0.2) is 0 Å². The molecular formula is C12H18O2. The summed E-state index contributed by atoms with van der Waals surface area (Å²) in [5, 5.41) is 9.56. The molecule has 1 N–H and O–H groups in total. The Morgan fingerprint density at radius 3 is 2.93 bits per heavy atom. The summed E-state index contributed by atoms with van der Waals surface area (Å²) >= 11 is 0. The molecule has 0 aromatic carbocycles. The fourth-order valence-electron chi connectivity index (χ4n) is 2.75. The fraction of sp³-hybridized carbons (Fsp3) is 0.750. The number of fused-ring (bicyclic) bond motifs is 1. The summed E-state index contributed by atoms with van der Waals surface area (Å²) in [5.41, 5.74) is 1.60. The fourth-order valence-corrected chi connectivity index (χ4v) is 2.75. The van der Waals surface area contributed by atoms with Crippen molar-refractivity contribution in [3.63, 3.8) is 0 Å². The summed E-state index contributed by atoms with van der Waals surface area (Å²) in [4.78, 5) is 10.7. The van der Waals surface area contributed by atoms with Crippen molar-refractivity contribution in [3.05, 3.63) is 11.6 Å². The number of hydrogen-bond acceptors (Lipinski definition) is 2. The van der Waals surface area contributed by atoms with Crippen molar-refractivity contribution in [1.82, 2.24) is 0 Å². The standard InChI is InChI=1S/C12H18O2/c1-12-4-2-9(8-13)6-10(12)7-11(14)3-5-12/h7-9,11,14H,2-6H2,1H3. The van der Waals surface area contributed by atoms with Crippen molar-refractivity contribution in [2.24, 2.45) is 11.3 Å². The highest BCUT2D eigenvalue weighted by molar-refractivity contribution is 5.55. The predicted octanol–water partition coefficient (Wildman–Crippen LogP) is 2.07. The normalized spacial score (nSPS) is 42.6. The molecular weight excluding hydrogens is 176 g/mol. The highest BCUT2D eigenvalue weighted by Gasteiger charge is 2.37. The molecule has 0 aromatic heterocycles. The van der Waals surface area contributed by atoms with E-state index in [9.17, 15) is 9.90 Å². The molecule has 0 bridgehead atoms. The van der Waals surface area contributed by atoms with E-state index < -0.39 is 0 Å². The Morgan fingerprint density at radius 1 is 1.50 bits per heavy atom. The molecule has 3 unspecified atom stereocenters. The zero-order valence-electron chi connectivity index (χ0n) is 8.70. The average molecular weight is 194 g/mol. The summed E-state index contributed by atoms with van der Waals surface area (Å²) < 4.78 is 0. The highest BCUT2D eigenvalue weighted by atomic mass is 16.3. The number of allylic oxidation sites excluding steroid dienone is 1. The molecule has 0 aromatic rings. The van der Waals surface area contributed by atoms with Gasteiger partial charge in [0, 0.05) is 5.92 Å². The van der Waals surface area contributed by atoms with Crippen molar-refractivity contribution < 1.29 is 9.90 Å². The van der Waals surface area contributed by atoms with E-state index in [0.29, 0.717) is 0 Å². The molecule has 0 spiro atoms. The van der Waals surface area contributed by atoms with Gasteiger partial charge in [0.25, 0.3) is 0 Å². The number of rotatable bonds is 1. The van der Waals surface area contributed by atoms with Crippen LogP contribution in [0.25, 0.3) is 0 Å². The summed E-state index contributed by atoms with van der Waals surface area (Å²) in [7, 11) is 0. The third kappa shape index (κ3) is 1.63. The SMILES string of the molecule is CC12CCC(O)C=C1CC(C=O)CC2. The van der Waals surface area contributed by atoms with Gasteiger partial charge in [-0.2, -0.15) is 0 Å². The van der Waals surface area contributed by atoms with Gasteiger partial charge in [-0.1, -0.05) is 18.6 Å². The minimum atomic E-state index is -0.275. The molecule has 14 heavy (non-hydrogen) atoms. The number of carbonyl (C=O) groups excluding carboxylic acids is 1. The molecule has 0 saturated heterocycles. The molecule has 2 nitrogen and oxygen atoms in total. The minimum absolute atomic E-state index is 0.194. The Labute approximate surface area is 85.0 Å². The lowest BCUT2D eigenvalue weighted by atomic mass is 9.63. The Kier molecular flexibility index (Phi) is 2.48. The van der Waals surface area contributed by atoms with Crippen LogP contribution in [0, 0.1) is 11.3 Å². The third-order valence-electron chi connectivity index (χ3n) is 3.90. The first kappa shape index (κ1) is 9.91. The molecule has 1 saturated carbocycles. The van der Waals surface area contributed by atoms with Crippen LogP contribution in [-0.2, 0) is 4.79 Å². The molecule has 0 aliphatic heterocycles. The van der Waals surface area contributed by atoms with Crippen molar-refractivity contribution in [2.75, 3.05) is 0 Å². The maximum absolute atomic E-state index is 10.7. The van der Waals surface area contributed by atoms with Gasteiger partial charge in [0.05, 0.1) is 6.10 Å². The van der Waals surface area contributed by atoms with Gasteiger partial charge >= 0.3 is 0 Å². The summed E-state index contributed by atoms with van der Waals surface area (Å²) in [5.74, 6) is 0.194. The average Bonchev–Trinajstić information content (AvgIpc) is 2.18. The van der Waals surface area contributed by atoms with E-state index >= 15 is 0 Å². The summed E-state index contributed by atoms with van der Waals surface area (Å²) in [6.45, 7) is 2.27. The van der Waals surface area contributed by atoms with Crippen LogP contribution >= 0.6 is 0 Å². The first-order valence-electron chi connectivity index (χ1n) is 5.48. The molecule has 2 heteroatoms. The zero-order chi connectivity index (χ0) is 10.2. The number of aldehydes is 1. The van der Waals surface area contributed by atoms with Gasteiger partial charge in [-0.3, -0.25) is 0 Å². The molecule has 2 rings (SSSR count). The van der Waals surface area contributed by atoms with Gasteiger partial charge in [-0.25, -0.2) is 0 Å².